The number of fused-ring (bicyclic) bond motifs is 1. The number of likely N-dealkylation sites (tertiary alicyclic amines) is 1. The first-order valence-corrected chi connectivity index (χ1v) is 12.5. The Balaban J connectivity index is 1.61. The van der Waals surface area contributed by atoms with Gasteiger partial charge in [0.15, 0.2) is 0 Å². The highest BCUT2D eigenvalue weighted by molar-refractivity contribution is 5.89. The van der Waals surface area contributed by atoms with Crippen molar-refractivity contribution in [2.24, 2.45) is 0 Å². The first kappa shape index (κ1) is 23.0. The molecule has 1 aromatic carbocycles. The zero-order valence-corrected chi connectivity index (χ0v) is 19.6. The van der Waals surface area contributed by atoms with Crippen molar-refractivity contribution in [3.8, 4) is 0 Å². The minimum Gasteiger partial charge on any atom is -0.461 e. The highest BCUT2D eigenvalue weighted by atomic mass is 16.5. The molecule has 174 valence electrons. The summed E-state index contributed by atoms with van der Waals surface area (Å²) in [6, 6.07) is 8.73. The van der Waals surface area contributed by atoms with Crippen LogP contribution in [0, 0.1) is 0 Å². The molecular weight excluding hydrogens is 402 g/mol. The van der Waals surface area contributed by atoms with Crippen LogP contribution in [0.4, 0.5) is 0 Å². The SMILES string of the molecule is CCOC(=O)c1nc2ccccc2n([C@@H](C)C[C@@H]2CCCN2C2CCCCCCC2)c1=O. The lowest BCUT2D eigenvalue weighted by atomic mass is 9.94. The predicted octanol–water partition coefficient (Wildman–Crippen LogP) is 5.10. The Morgan fingerprint density at radius 1 is 1.09 bits per heavy atom. The zero-order valence-electron chi connectivity index (χ0n) is 19.6. The molecule has 0 radical (unpaired) electrons. The Kier molecular flexibility index (Phi) is 7.61. The zero-order chi connectivity index (χ0) is 22.5. The van der Waals surface area contributed by atoms with Gasteiger partial charge in [0.05, 0.1) is 17.6 Å². The van der Waals surface area contributed by atoms with E-state index in [4.69, 9.17) is 4.74 Å². The number of carbonyl (C=O) groups excluding carboxylic acids is 1. The predicted molar refractivity (Wildman–Crippen MR) is 127 cm³/mol. The van der Waals surface area contributed by atoms with Crippen LogP contribution >= 0.6 is 0 Å². The van der Waals surface area contributed by atoms with Crippen LogP contribution in [0.25, 0.3) is 11.0 Å². The Hall–Kier alpha value is -2.21. The van der Waals surface area contributed by atoms with Crippen LogP contribution in [-0.4, -0.2) is 45.7 Å². The van der Waals surface area contributed by atoms with Crippen molar-refractivity contribution in [1.29, 1.82) is 0 Å². The van der Waals surface area contributed by atoms with Gasteiger partial charge in [0, 0.05) is 18.1 Å². The molecule has 0 amide bonds. The van der Waals surface area contributed by atoms with Gasteiger partial charge in [0.25, 0.3) is 5.56 Å². The van der Waals surface area contributed by atoms with Crippen molar-refractivity contribution in [3.05, 3.63) is 40.3 Å². The number of ether oxygens (including phenoxy) is 1. The summed E-state index contributed by atoms with van der Waals surface area (Å²) < 4.78 is 6.90. The van der Waals surface area contributed by atoms with Crippen molar-refractivity contribution in [2.45, 2.75) is 96.2 Å². The number of hydrogen-bond donors (Lipinski definition) is 0. The molecule has 32 heavy (non-hydrogen) atoms. The molecule has 0 bridgehead atoms. The molecule has 2 atom stereocenters. The third kappa shape index (κ3) is 4.90. The fraction of sp³-hybridized carbons (Fsp3) is 0.654. The molecule has 0 unspecified atom stereocenters. The van der Waals surface area contributed by atoms with Crippen molar-refractivity contribution in [1.82, 2.24) is 14.5 Å². The summed E-state index contributed by atoms with van der Waals surface area (Å²) in [4.78, 5) is 32.9. The Bertz CT molecular complexity index is 978. The molecule has 1 saturated heterocycles. The summed E-state index contributed by atoms with van der Waals surface area (Å²) in [6.45, 7) is 5.24. The van der Waals surface area contributed by atoms with Gasteiger partial charge < -0.3 is 9.30 Å². The van der Waals surface area contributed by atoms with E-state index in [0.29, 0.717) is 17.6 Å². The van der Waals surface area contributed by atoms with E-state index in [9.17, 15) is 9.59 Å². The second kappa shape index (κ2) is 10.6. The van der Waals surface area contributed by atoms with Crippen LogP contribution in [0.5, 0.6) is 0 Å². The number of hydrogen-bond acceptors (Lipinski definition) is 5. The van der Waals surface area contributed by atoms with E-state index in [0.717, 1.165) is 11.9 Å². The molecule has 0 spiro atoms. The first-order chi connectivity index (χ1) is 15.6. The minimum atomic E-state index is -0.638. The van der Waals surface area contributed by atoms with Crippen LogP contribution < -0.4 is 5.56 Å². The second-order valence-corrected chi connectivity index (χ2v) is 9.46. The molecular formula is C26H37N3O3. The van der Waals surface area contributed by atoms with Crippen molar-refractivity contribution >= 4 is 17.0 Å². The van der Waals surface area contributed by atoms with Crippen LogP contribution in [0.1, 0.15) is 94.6 Å². The highest BCUT2D eigenvalue weighted by Crippen LogP contribution is 2.32. The van der Waals surface area contributed by atoms with E-state index in [1.807, 2.05) is 24.3 Å². The summed E-state index contributed by atoms with van der Waals surface area (Å²) >= 11 is 0. The number of aromatic nitrogens is 2. The molecule has 2 fully saturated rings. The maximum Gasteiger partial charge on any atom is 0.362 e. The lowest BCUT2D eigenvalue weighted by molar-refractivity contribution is 0.0516. The third-order valence-electron chi connectivity index (χ3n) is 7.28. The summed E-state index contributed by atoms with van der Waals surface area (Å²) in [5.41, 5.74) is 0.990. The molecule has 2 heterocycles. The number of esters is 1. The normalized spacial score (nSPS) is 21.9. The second-order valence-electron chi connectivity index (χ2n) is 9.46. The van der Waals surface area contributed by atoms with E-state index < -0.39 is 5.97 Å². The molecule has 0 N–H and O–H groups in total. The van der Waals surface area contributed by atoms with Crippen molar-refractivity contribution in [2.75, 3.05) is 13.2 Å². The number of para-hydroxylation sites is 2. The molecule has 2 aliphatic rings. The number of nitrogens with zero attached hydrogens (tertiary/aromatic N) is 3. The van der Waals surface area contributed by atoms with E-state index in [-0.39, 0.29) is 23.9 Å². The lowest BCUT2D eigenvalue weighted by Gasteiger charge is -2.36. The third-order valence-corrected chi connectivity index (χ3v) is 7.28. The maximum absolute atomic E-state index is 13.4. The van der Waals surface area contributed by atoms with Crippen molar-refractivity contribution in [3.63, 3.8) is 0 Å². The number of rotatable bonds is 6. The van der Waals surface area contributed by atoms with Gasteiger partial charge in [-0.25, -0.2) is 9.78 Å². The smallest absolute Gasteiger partial charge is 0.362 e. The van der Waals surface area contributed by atoms with Crippen LogP contribution in [-0.2, 0) is 4.74 Å². The molecule has 1 aliphatic heterocycles. The molecule has 6 nitrogen and oxygen atoms in total. The monoisotopic (exact) mass is 439 g/mol. The molecule has 1 saturated carbocycles. The Morgan fingerprint density at radius 2 is 1.81 bits per heavy atom. The summed E-state index contributed by atoms with van der Waals surface area (Å²) in [7, 11) is 0. The largest absolute Gasteiger partial charge is 0.461 e. The van der Waals surface area contributed by atoms with Gasteiger partial charge in [-0.3, -0.25) is 9.69 Å². The number of carbonyl (C=O) groups is 1. The number of benzene rings is 1. The van der Waals surface area contributed by atoms with Crippen LogP contribution in [0.2, 0.25) is 0 Å². The van der Waals surface area contributed by atoms with Gasteiger partial charge in [-0.1, -0.05) is 44.2 Å². The molecule has 4 rings (SSSR count). The van der Waals surface area contributed by atoms with Gasteiger partial charge in [-0.15, -0.1) is 0 Å². The molecule has 6 heteroatoms. The minimum absolute atomic E-state index is 0.0252. The summed E-state index contributed by atoms with van der Waals surface area (Å²) in [5, 5.41) is 0. The topological polar surface area (TPSA) is 64.4 Å². The Labute approximate surface area is 191 Å². The average molecular weight is 440 g/mol. The van der Waals surface area contributed by atoms with E-state index >= 15 is 0 Å². The Morgan fingerprint density at radius 3 is 2.56 bits per heavy atom. The summed E-state index contributed by atoms with van der Waals surface area (Å²) in [5.74, 6) is -0.638. The molecule has 1 aliphatic carbocycles. The van der Waals surface area contributed by atoms with Gasteiger partial charge >= 0.3 is 5.97 Å². The highest BCUT2D eigenvalue weighted by Gasteiger charge is 2.32. The average Bonchev–Trinajstić information content (AvgIpc) is 3.21. The fourth-order valence-electron chi connectivity index (χ4n) is 5.78. The van der Waals surface area contributed by atoms with E-state index in [2.05, 4.69) is 16.8 Å². The first-order valence-electron chi connectivity index (χ1n) is 12.5. The standard InChI is InChI=1S/C26H37N3O3/c1-3-32-26(31)24-25(30)29(23-16-10-9-15-22(23)27-24)19(2)18-21-14-11-17-28(21)20-12-7-5-4-6-8-13-20/h9-10,15-16,19-21H,3-8,11-14,17-18H2,1-2H3/t19-,21-/m0/s1. The summed E-state index contributed by atoms with van der Waals surface area (Å²) in [6.07, 6.45) is 12.7. The fourth-order valence-corrected chi connectivity index (χ4v) is 5.78. The van der Waals surface area contributed by atoms with Gasteiger partial charge in [-0.05, 0) is 64.6 Å². The van der Waals surface area contributed by atoms with Gasteiger partial charge in [-0.2, -0.15) is 0 Å². The quantitative estimate of drug-likeness (QED) is 0.586. The molecule has 1 aromatic heterocycles. The van der Waals surface area contributed by atoms with Crippen molar-refractivity contribution < 1.29 is 9.53 Å². The van der Waals surface area contributed by atoms with Crippen LogP contribution in [0.3, 0.4) is 0 Å². The lowest BCUT2D eigenvalue weighted by Crippen LogP contribution is -2.41. The molecule has 2 aromatic rings. The van der Waals surface area contributed by atoms with Crippen LogP contribution in [0.15, 0.2) is 29.1 Å². The van der Waals surface area contributed by atoms with E-state index in [1.54, 1.807) is 11.5 Å². The van der Waals surface area contributed by atoms with Gasteiger partial charge in [0.2, 0.25) is 5.69 Å². The maximum atomic E-state index is 13.4. The van der Waals surface area contributed by atoms with E-state index in [1.165, 1.54) is 64.3 Å². The van der Waals surface area contributed by atoms with Gasteiger partial charge in [0.1, 0.15) is 0 Å².